The normalized spacial score (nSPS) is 10.9. The second-order valence-corrected chi connectivity index (χ2v) is 7.67. The molecular formula is C25H24N6O3. The van der Waals surface area contributed by atoms with E-state index >= 15 is 0 Å². The number of ether oxygens (including phenoxy) is 3. The number of nitrogens with one attached hydrogen (secondary N) is 1. The number of hydrogen-bond donors (Lipinski definition) is 1. The van der Waals surface area contributed by atoms with E-state index < -0.39 is 0 Å². The van der Waals surface area contributed by atoms with Crippen LogP contribution in [0.5, 0.6) is 17.2 Å². The molecule has 0 aliphatic carbocycles. The molecule has 34 heavy (non-hydrogen) atoms. The van der Waals surface area contributed by atoms with Gasteiger partial charge in [0.2, 0.25) is 5.75 Å². The van der Waals surface area contributed by atoms with Gasteiger partial charge in [-0.15, -0.1) is 5.10 Å². The van der Waals surface area contributed by atoms with Crippen LogP contribution in [-0.2, 0) is 0 Å². The average Bonchev–Trinajstić information content (AvgIpc) is 3.53. The van der Waals surface area contributed by atoms with Crippen molar-refractivity contribution in [2.75, 3.05) is 26.6 Å². The Hall–Kier alpha value is -4.53. The van der Waals surface area contributed by atoms with Crippen LogP contribution in [0.15, 0.2) is 67.3 Å². The van der Waals surface area contributed by atoms with Crippen molar-refractivity contribution in [3.05, 3.63) is 72.8 Å². The number of methoxy groups -OCH3 is 3. The quantitative estimate of drug-likeness (QED) is 0.381. The first-order valence-corrected chi connectivity index (χ1v) is 10.6. The highest BCUT2D eigenvalue weighted by molar-refractivity contribution is 5.74. The zero-order valence-corrected chi connectivity index (χ0v) is 19.3. The maximum atomic E-state index is 5.47. The second kappa shape index (κ2) is 8.78. The number of fused-ring (bicyclic) bond motifs is 1. The Morgan fingerprint density at radius 2 is 1.71 bits per heavy atom. The van der Waals surface area contributed by atoms with Crippen molar-refractivity contribution in [1.82, 2.24) is 24.1 Å². The minimum absolute atomic E-state index is 0.535. The fraction of sp³-hybridized carbons (Fsp3) is 0.160. The highest BCUT2D eigenvalue weighted by Gasteiger charge is 2.15. The van der Waals surface area contributed by atoms with Crippen LogP contribution in [-0.4, -0.2) is 45.5 Å². The third kappa shape index (κ3) is 3.88. The topological polar surface area (TPSA) is 87.7 Å². The Morgan fingerprint density at radius 3 is 2.41 bits per heavy atom. The Balaban J connectivity index is 1.51. The largest absolute Gasteiger partial charge is 0.493 e. The molecule has 0 unspecified atom stereocenters. The molecule has 0 saturated heterocycles. The number of benzene rings is 2. The van der Waals surface area contributed by atoms with Gasteiger partial charge in [0.25, 0.3) is 0 Å². The van der Waals surface area contributed by atoms with Crippen LogP contribution in [0.1, 0.15) is 5.56 Å². The summed E-state index contributed by atoms with van der Waals surface area (Å²) in [6, 6.07) is 15.7. The summed E-state index contributed by atoms with van der Waals surface area (Å²) in [5.74, 6) is 3.57. The molecule has 2 aromatic carbocycles. The summed E-state index contributed by atoms with van der Waals surface area (Å²) in [5.41, 5.74) is 3.75. The van der Waals surface area contributed by atoms with Gasteiger partial charge in [-0.25, -0.2) is 14.5 Å². The molecule has 5 rings (SSSR count). The van der Waals surface area contributed by atoms with Gasteiger partial charge >= 0.3 is 0 Å². The van der Waals surface area contributed by atoms with Crippen LogP contribution >= 0.6 is 0 Å². The van der Waals surface area contributed by atoms with Gasteiger partial charge in [0, 0.05) is 23.9 Å². The Labute approximate surface area is 196 Å². The van der Waals surface area contributed by atoms with Crippen LogP contribution in [0.25, 0.3) is 22.6 Å². The van der Waals surface area contributed by atoms with E-state index in [1.54, 1.807) is 27.7 Å². The number of imidazole rings is 1. The second-order valence-electron chi connectivity index (χ2n) is 7.67. The highest BCUT2D eigenvalue weighted by atomic mass is 16.5. The standard InChI is InChI=1S/C25H24N6O3/c1-16-7-5-8-17(11-16)24-28-25(19-9-6-10-31(19)29-24)27-22-14-30(15-26-22)18-12-20(32-2)23(34-4)21(13-18)33-3/h5-15H,1-4H3,(H,27,28,29). The molecule has 0 atom stereocenters. The van der Waals surface area contributed by atoms with Gasteiger partial charge in [-0.05, 0) is 25.1 Å². The van der Waals surface area contributed by atoms with E-state index in [0.717, 1.165) is 22.3 Å². The number of hydrogen-bond acceptors (Lipinski definition) is 7. The summed E-state index contributed by atoms with van der Waals surface area (Å²) in [4.78, 5) is 9.31. The predicted molar refractivity (Wildman–Crippen MR) is 130 cm³/mol. The number of nitrogens with zero attached hydrogens (tertiary/aromatic N) is 5. The molecule has 0 amide bonds. The molecule has 0 aliphatic heterocycles. The molecule has 5 aromatic rings. The number of anilines is 2. The van der Waals surface area contributed by atoms with Crippen LogP contribution < -0.4 is 19.5 Å². The Morgan fingerprint density at radius 1 is 0.912 bits per heavy atom. The average molecular weight is 457 g/mol. The van der Waals surface area contributed by atoms with E-state index in [2.05, 4.69) is 21.5 Å². The van der Waals surface area contributed by atoms with E-state index in [1.165, 1.54) is 0 Å². The lowest BCUT2D eigenvalue weighted by Crippen LogP contribution is -2.03. The summed E-state index contributed by atoms with van der Waals surface area (Å²) in [5, 5.41) is 7.99. The number of aryl methyl sites for hydroxylation is 1. The molecule has 9 nitrogen and oxygen atoms in total. The third-order valence-corrected chi connectivity index (χ3v) is 5.44. The van der Waals surface area contributed by atoms with E-state index in [-0.39, 0.29) is 0 Å². The molecule has 3 aromatic heterocycles. The lowest BCUT2D eigenvalue weighted by Gasteiger charge is -2.14. The first kappa shape index (κ1) is 21.3. The SMILES string of the molecule is COc1cc(-n2cnc(Nc3nc(-c4cccc(C)c4)nn4cccc34)c2)cc(OC)c1OC. The summed E-state index contributed by atoms with van der Waals surface area (Å²) in [6.45, 7) is 2.05. The predicted octanol–water partition coefficient (Wildman–Crippen LogP) is 4.66. The molecule has 0 radical (unpaired) electrons. The number of rotatable bonds is 7. The lowest BCUT2D eigenvalue weighted by atomic mass is 10.1. The highest BCUT2D eigenvalue weighted by Crippen LogP contribution is 2.39. The monoisotopic (exact) mass is 456 g/mol. The fourth-order valence-corrected chi connectivity index (χ4v) is 3.80. The number of aromatic nitrogens is 5. The van der Waals surface area contributed by atoms with E-state index in [1.807, 2.05) is 70.9 Å². The fourth-order valence-electron chi connectivity index (χ4n) is 3.80. The lowest BCUT2D eigenvalue weighted by molar-refractivity contribution is 0.324. The zero-order chi connectivity index (χ0) is 23.7. The zero-order valence-electron chi connectivity index (χ0n) is 19.3. The van der Waals surface area contributed by atoms with E-state index in [4.69, 9.17) is 19.2 Å². The van der Waals surface area contributed by atoms with Crippen molar-refractivity contribution in [3.8, 4) is 34.3 Å². The molecule has 1 N–H and O–H groups in total. The first-order valence-electron chi connectivity index (χ1n) is 10.6. The van der Waals surface area contributed by atoms with Crippen molar-refractivity contribution in [2.45, 2.75) is 6.92 Å². The minimum Gasteiger partial charge on any atom is -0.493 e. The Kier molecular flexibility index (Phi) is 5.51. The molecule has 0 aliphatic rings. The van der Waals surface area contributed by atoms with Crippen molar-refractivity contribution in [2.24, 2.45) is 0 Å². The molecule has 172 valence electrons. The van der Waals surface area contributed by atoms with Crippen LogP contribution in [0.3, 0.4) is 0 Å². The summed E-state index contributed by atoms with van der Waals surface area (Å²) in [6.07, 6.45) is 5.48. The maximum absolute atomic E-state index is 5.47. The van der Waals surface area contributed by atoms with Crippen LogP contribution in [0, 0.1) is 6.92 Å². The summed E-state index contributed by atoms with van der Waals surface area (Å²) >= 11 is 0. The molecule has 0 fully saturated rings. The van der Waals surface area contributed by atoms with Gasteiger partial charge in [-0.2, -0.15) is 0 Å². The van der Waals surface area contributed by atoms with Crippen LogP contribution in [0.2, 0.25) is 0 Å². The molecule has 0 spiro atoms. The van der Waals surface area contributed by atoms with Crippen LogP contribution in [0.4, 0.5) is 11.6 Å². The molecule has 9 heteroatoms. The minimum atomic E-state index is 0.535. The molecule has 0 bridgehead atoms. The van der Waals surface area contributed by atoms with Gasteiger partial charge in [0.15, 0.2) is 23.1 Å². The van der Waals surface area contributed by atoms with E-state index in [9.17, 15) is 0 Å². The van der Waals surface area contributed by atoms with E-state index in [0.29, 0.717) is 34.7 Å². The molecule has 0 saturated carbocycles. The van der Waals surface area contributed by atoms with Gasteiger partial charge < -0.3 is 24.1 Å². The van der Waals surface area contributed by atoms with Gasteiger partial charge in [0.05, 0.1) is 33.2 Å². The maximum Gasteiger partial charge on any atom is 0.203 e. The van der Waals surface area contributed by atoms with Crippen molar-refractivity contribution < 1.29 is 14.2 Å². The summed E-state index contributed by atoms with van der Waals surface area (Å²) < 4.78 is 20.0. The summed E-state index contributed by atoms with van der Waals surface area (Å²) in [7, 11) is 4.76. The molecule has 3 heterocycles. The van der Waals surface area contributed by atoms with Gasteiger partial charge in [0.1, 0.15) is 17.7 Å². The smallest absolute Gasteiger partial charge is 0.203 e. The van der Waals surface area contributed by atoms with Crippen molar-refractivity contribution >= 4 is 17.2 Å². The third-order valence-electron chi connectivity index (χ3n) is 5.44. The van der Waals surface area contributed by atoms with Crippen molar-refractivity contribution in [1.29, 1.82) is 0 Å². The van der Waals surface area contributed by atoms with Crippen molar-refractivity contribution in [3.63, 3.8) is 0 Å². The first-order chi connectivity index (χ1) is 16.6. The van der Waals surface area contributed by atoms with Gasteiger partial charge in [-0.1, -0.05) is 23.8 Å². The molecular weight excluding hydrogens is 432 g/mol. The Bertz CT molecular complexity index is 1450. The van der Waals surface area contributed by atoms with Gasteiger partial charge in [-0.3, -0.25) is 0 Å².